The molecule has 4 aliphatic rings. The number of primary amides is 1. The van der Waals surface area contributed by atoms with Crippen LogP contribution in [0.4, 0.5) is 17.3 Å². The van der Waals surface area contributed by atoms with E-state index in [1.54, 1.807) is 6.20 Å². The molecule has 1 saturated carbocycles. The van der Waals surface area contributed by atoms with Gasteiger partial charge in [0.2, 0.25) is 11.8 Å². The van der Waals surface area contributed by atoms with Crippen LogP contribution >= 0.6 is 0 Å². The highest BCUT2D eigenvalue weighted by Gasteiger charge is 2.35. The largest absolute Gasteiger partial charge is 0.364 e. The van der Waals surface area contributed by atoms with Crippen LogP contribution in [-0.4, -0.2) is 75.0 Å². The van der Waals surface area contributed by atoms with Crippen LogP contribution in [0.5, 0.6) is 0 Å². The van der Waals surface area contributed by atoms with Gasteiger partial charge in [0, 0.05) is 54.9 Å². The van der Waals surface area contributed by atoms with Crippen molar-refractivity contribution in [2.45, 2.75) is 75.7 Å². The number of fused-ring (bicyclic) bond motifs is 3. The number of nitrogens with two attached hydrogens (primary N) is 1. The molecule has 13 heteroatoms. The molecule has 1 unspecified atom stereocenters. The number of carbonyl (C=O) groups is 3. The van der Waals surface area contributed by atoms with E-state index in [9.17, 15) is 14.4 Å². The zero-order valence-electron chi connectivity index (χ0n) is 29.8. The number of aromatic nitrogens is 4. The highest BCUT2D eigenvalue weighted by molar-refractivity contribution is 6.09. The third kappa shape index (κ3) is 6.51. The Balaban J connectivity index is 0.790. The van der Waals surface area contributed by atoms with Gasteiger partial charge in [-0.2, -0.15) is 0 Å². The van der Waals surface area contributed by atoms with Gasteiger partial charge in [0.1, 0.15) is 11.5 Å². The molecule has 9 rings (SSSR count). The number of imide groups is 1. The minimum atomic E-state index is -0.597. The molecule has 4 fully saturated rings. The third-order valence-electron chi connectivity index (χ3n) is 12.0. The Morgan fingerprint density at radius 1 is 0.962 bits per heavy atom. The van der Waals surface area contributed by atoms with Crippen LogP contribution < -0.4 is 21.3 Å². The Bertz CT molecular complexity index is 2170. The number of nitrogens with zero attached hydrogens (tertiary/aromatic N) is 6. The maximum absolute atomic E-state index is 12.6. The molecule has 274 valence electrons. The van der Waals surface area contributed by atoms with Gasteiger partial charge in [-0.3, -0.25) is 19.7 Å². The van der Waals surface area contributed by atoms with Crippen molar-refractivity contribution in [1.82, 2.24) is 29.9 Å². The van der Waals surface area contributed by atoms with Gasteiger partial charge >= 0.3 is 0 Å². The normalized spacial score (nSPS) is 22.9. The van der Waals surface area contributed by atoms with Crippen molar-refractivity contribution in [3.8, 4) is 0 Å². The molecule has 3 amide bonds. The first-order valence-corrected chi connectivity index (χ1v) is 19.1. The Kier molecular flexibility index (Phi) is 8.81. The topological polar surface area (TPSA) is 165 Å². The number of nitrogens with one attached hydrogen (secondary N) is 2. The van der Waals surface area contributed by atoms with E-state index in [-0.39, 0.29) is 17.5 Å². The van der Waals surface area contributed by atoms with E-state index < -0.39 is 11.8 Å². The molecule has 2 aromatic carbocycles. The predicted molar refractivity (Wildman–Crippen MR) is 201 cm³/mol. The number of carbonyl (C=O) groups excluding carboxylic acids is 3. The summed E-state index contributed by atoms with van der Waals surface area (Å²) in [6.45, 7) is 5.19. The molecule has 3 saturated heterocycles. The summed E-state index contributed by atoms with van der Waals surface area (Å²) in [5, 5.41) is 12.0. The zero-order chi connectivity index (χ0) is 36.1. The quantitative estimate of drug-likeness (QED) is 0.160. The standard InChI is InChI=1S/C40H45N9O4/c41-38(51)37-39(44-33(22-42-37)48-15-2-1-3-16-48)43-27-6-4-25(5-7-27)26-12-17-47(18-13-26)23-24-20-28(21-24)49-19-14-29-31(49)9-10-32-35(29)36(46-53-32)30-8-11-34(50)45-40(30)52/h4-7,9-10,14,19,22,24,26,28,30H,1-3,8,11-13,15-18,20-21,23H2,(H2,41,51)(H,43,44)(H,45,50,52)/t24-,28+,30?. The first-order valence-electron chi connectivity index (χ1n) is 19.1. The number of likely N-dealkylation sites (tertiary alicyclic amines) is 1. The van der Waals surface area contributed by atoms with Crippen molar-refractivity contribution >= 4 is 56.9 Å². The second kappa shape index (κ2) is 13.9. The fourth-order valence-corrected chi connectivity index (χ4v) is 9.00. The molecule has 5 aromatic rings. The van der Waals surface area contributed by atoms with Crippen LogP contribution in [-0.2, 0) is 9.59 Å². The Morgan fingerprint density at radius 2 is 1.75 bits per heavy atom. The average molecular weight is 716 g/mol. The minimum Gasteiger partial charge on any atom is -0.364 e. The second-order valence-corrected chi connectivity index (χ2v) is 15.3. The molecule has 1 atom stereocenters. The fourth-order valence-electron chi connectivity index (χ4n) is 9.00. The summed E-state index contributed by atoms with van der Waals surface area (Å²) in [6.07, 6.45) is 12.6. The van der Waals surface area contributed by atoms with Gasteiger partial charge in [-0.25, -0.2) is 9.97 Å². The fraction of sp³-hybridized carbons (Fsp3) is 0.450. The molecule has 53 heavy (non-hydrogen) atoms. The minimum absolute atomic E-state index is 0.149. The van der Waals surface area contributed by atoms with E-state index >= 15 is 0 Å². The lowest BCUT2D eigenvalue weighted by molar-refractivity contribution is -0.134. The van der Waals surface area contributed by atoms with Gasteiger partial charge in [0.25, 0.3) is 5.91 Å². The van der Waals surface area contributed by atoms with E-state index in [4.69, 9.17) is 15.2 Å². The van der Waals surface area contributed by atoms with Gasteiger partial charge in [-0.15, -0.1) is 0 Å². The van der Waals surface area contributed by atoms with Gasteiger partial charge in [0.15, 0.2) is 17.1 Å². The maximum Gasteiger partial charge on any atom is 0.271 e. The van der Waals surface area contributed by atoms with E-state index in [1.165, 1.54) is 12.0 Å². The molecule has 0 bridgehead atoms. The summed E-state index contributed by atoms with van der Waals surface area (Å²) in [4.78, 5) is 50.5. The number of piperidine rings is 3. The summed E-state index contributed by atoms with van der Waals surface area (Å²) in [5.41, 5.74) is 10.4. The van der Waals surface area contributed by atoms with Crippen molar-refractivity contribution in [2.24, 2.45) is 11.7 Å². The van der Waals surface area contributed by atoms with Crippen molar-refractivity contribution in [3.63, 3.8) is 0 Å². The van der Waals surface area contributed by atoms with E-state index in [2.05, 4.69) is 77.7 Å². The number of hydrogen-bond donors (Lipinski definition) is 3. The van der Waals surface area contributed by atoms with Crippen LogP contribution in [0.25, 0.3) is 21.9 Å². The molecule has 3 aliphatic heterocycles. The molecule has 3 aromatic heterocycles. The number of hydrogen-bond acceptors (Lipinski definition) is 10. The van der Waals surface area contributed by atoms with Crippen molar-refractivity contribution in [1.29, 1.82) is 0 Å². The smallest absolute Gasteiger partial charge is 0.271 e. The van der Waals surface area contributed by atoms with E-state index in [0.29, 0.717) is 47.8 Å². The average Bonchev–Trinajstić information content (AvgIpc) is 3.78. The summed E-state index contributed by atoms with van der Waals surface area (Å²) in [5.74, 6) is 0.739. The van der Waals surface area contributed by atoms with E-state index in [1.807, 2.05) is 6.07 Å². The summed E-state index contributed by atoms with van der Waals surface area (Å²) in [6, 6.07) is 15.1. The number of rotatable bonds is 9. The van der Waals surface area contributed by atoms with Crippen LogP contribution in [0.3, 0.4) is 0 Å². The first-order chi connectivity index (χ1) is 25.9. The molecule has 6 heterocycles. The van der Waals surface area contributed by atoms with Crippen LogP contribution in [0, 0.1) is 5.92 Å². The van der Waals surface area contributed by atoms with Gasteiger partial charge < -0.3 is 29.9 Å². The second-order valence-electron chi connectivity index (χ2n) is 15.3. The summed E-state index contributed by atoms with van der Waals surface area (Å²) in [7, 11) is 0. The summed E-state index contributed by atoms with van der Waals surface area (Å²) >= 11 is 0. The monoisotopic (exact) mass is 715 g/mol. The van der Waals surface area contributed by atoms with Crippen molar-refractivity contribution < 1.29 is 18.9 Å². The predicted octanol–water partition coefficient (Wildman–Crippen LogP) is 5.76. The Labute approximate surface area is 307 Å². The van der Waals surface area contributed by atoms with Crippen LogP contribution in [0.15, 0.2) is 59.4 Å². The maximum atomic E-state index is 12.6. The first kappa shape index (κ1) is 33.5. The highest BCUT2D eigenvalue weighted by atomic mass is 16.5. The van der Waals surface area contributed by atoms with Crippen molar-refractivity contribution in [2.75, 3.05) is 42.9 Å². The van der Waals surface area contributed by atoms with Crippen molar-refractivity contribution in [3.05, 3.63) is 71.8 Å². The SMILES string of the molecule is NC(=O)c1ncc(N2CCCCC2)nc1Nc1ccc(C2CCN(C[C@H]3C[C@@H](n4ccc5c6c(C7CCC(=O)NC7=O)noc6ccc54)C3)CC2)cc1. The lowest BCUT2D eigenvalue weighted by Crippen LogP contribution is -2.40. The van der Waals surface area contributed by atoms with Gasteiger partial charge in [-0.05, 0) is 112 Å². The lowest BCUT2D eigenvalue weighted by atomic mass is 9.79. The molecule has 1 aliphatic carbocycles. The van der Waals surface area contributed by atoms with Crippen LogP contribution in [0.1, 0.15) is 97.4 Å². The third-order valence-corrected chi connectivity index (χ3v) is 12.0. The highest BCUT2D eigenvalue weighted by Crippen LogP contribution is 2.43. The molecule has 0 spiro atoms. The molecular weight excluding hydrogens is 670 g/mol. The molecule has 13 nitrogen and oxygen atoms in total. The lowest BCUT2D eigenvalue weighted by Gasteiger charge is -2.41. The molecule has 0 radical (unpaired) electrons. The zero-order valence-corrected chi connectivity index (χ0v) is 29.8. The number of anilines is 3. The van der Waals surface area contributed by atoms with Crippen LogP contribution in [0.2, 0.25) is 0 Å². The number of benzene rings is 2. The Hall–Kier alpha value is -5.30. The molecular formula is C40H45N9O4. The van der Waals surface area contributed by atoms with Gasteiger partial charge in [-0.1, -0.05) is 17.3 Å². The molecule has 4 N–H and O–H groups in total. The number of amides is 3. The Morgan fingerprint density at radius 3 is 2.51 bits per heavy atom. The van der Waals surface area contributed by atoms with E-state index in [0.717, 1.165) is 99.0 Å². The van der Waals surface area contributed by atoms with Gasteiger partial charge in [0.05, 0.1) is 17.5 Å². The summed E-state index contributed by atoms with van der Waals surface area (Å²) < 4.78 is 8.02.